The molecule has 0 fully saturated rings. The summed E-state index contributed by atoms with van der Waals surface area (Å²) >= 11 is 8.07. The first-order valence-corrected chi connectivity index (χ1v) is 12.4. The lowest BCUT2D eigenvalue weighted by atomic mass is 10.0. The number of hydrogen-bond donors (Lipinski definition) is 1. The second kappa shape index (κ2) is 10.1. The Labute approximate surface area is 202 Å². The number of aromatic carboxylic acids is 1. The van der Waals surface area contributed by atoms with Crippen molar-refractivity contribution in [2.45, 2.75) is 56.7 Å². The first kappa shape index (κ1) is 23.5. The Balaban J connectivity index is 1.63. The summed E-state index contributed by atoms with van der Waals surface area (Å²) in [6.45, 7) is 6.83. The number of rotatable bonds is 9. The predicted molar refractivity (Wildman–Crippen MR) is 130 cm³/mol. The molecule has 1 N–H and O–H groups in total. The largest absolute Gasteiger partial charge is 0.477 e. The highest BCUT2D eigenvalue weighted by Crippen LogP contribution is 2.37. The number of fused-ring (bicyclic) bond motifs is 1. The molecule has 1 aliphatic rings. The maximum absolute atomic E-state index is 12.3. The lowest BCUT2D eigenvalue weighted by molar-refractivity contribution is 0.0684. The summed E-state index contributed by atoms with van der Waals surface area (Å²) in [7, 11) is 0. The minimum atomic E-state index is -0.993. The van der Waals surface area contributed by atoms with E-state index in [1.807, 2.05) is 6.07 Å². The number of halogens is 1. The normalized spacial score (nSPS) is 12.5. The van der Waals surface area contributed by atoms with E-state index in [-0.39, 0.29) is 12.5 Å². The number of aromatic nitrogens is 2. The van der Waals surface area contributed by atoms with Crippen molar-refractivity contribution in [2.24, 2.45) is 0 Å². The Morgan fingerprint density at radius 3 is 2.55 bits per heavy atom. The summed E-state index contributed by atoms with van der Waals surface area (Å²) < 4.78 is 12.6. The van der Waals surface area contributed by atoms with Crippen molar-refractivity contribution in [1.29, 1.82) is 0 Å². The van der Waals surface area contributed by atoms with Gasteiger partial charge in [-0.2, -0.15) is 0 Å². The van der Waals surface area contributed by atoms with Crippen LogP contribution in [0.2, 0.25) is 5.02 Å². The second-order valence-corrected chi connectivity index (χ2v) is 9.73. The van der Waals surface area contributed by atoms with E-state index in [0.717, 1.165) is 22.7 Å². The van der Waals surface area contributed by atoms with Gasteiger partial charge in [0.15, 0.2) is 17.2 Å². The zero-order valence-electron chi connectivity index (χ0n) is 18.9. The van der Waals surface area contributed by atoms with Gasteiger partial charge in [0, 0.05) is 28.2 Å². The molecule has 0 bridgehead atoms. The van der Waals surface area contributed by atoms with Crippen molar-refractivity contribution in [3.63, 3.8) is 0 Å². The smallest absolute Gasteiger partial charge is 0.354 e. The molecule has 0 saturated carbocycles. The molecule has 1 aliphatic heterocycles. The molecule has 174 valence electrons. The maximum atomic E-state index is 12.3. The van der Waals surface area contributed by atoms with E-state index in [2.05, 4.69) is 45.0 Å². The second-order valence-electron chi connectivity index (χ2n) is 8.27. The van der Waals surface area contributed by atoms with Crippen LogP contribution in [0.3, 0.4) is 0 Å². The molecule has 33 heavy (non-hydrogen) atoms. The summed E-state index contributed by atoms with van der Waals surface area (Å²) in [5.41, 5.74) is 2.82. The van der Waals surface area contributed by atoms with Gasteiger partial charge in [0.05, 0.1) is 12.2 Å². The summed E-state index contributed by atoms with van der Waals surface area (Å²) in [5, 5.41) is 10.6. The molecule has 2 heterocycles. The average Bonchev–Trinajstić information content (AvgIpc) is 3.37. The maximum Gasteiger partial charge on any atom is 0.354 e. The number of ether oxygens (including phenoxy) is 2. The van der Waals surface area contributed by atoms with Crippen molar-refractivity contribution < 1.29 is 19.4 Å². The van der Waals surface area contributed by atoms with Gasteiger partial charge in [0.2, 0.25) is 6.79 Å². The Morgan fingerprint density at radius 1 is 1.21 bits per heavy atom. The molecule has 1 aromatic heterocycles. The number of hydrogen-bond acceptors (Lipinski definition) is 5. The molecule has 0 atom stereocenters. The van der Waals surface area contributed by atoms with Gasteiger partial charge in [-0.25, -0.2) is 9.78 Å². The Kier molecular flexibility index (Phi) is 7.20. The van der Waals surface area contributed by atoms with Gasteiger partial charge in [-0.05, 0) is 41.7 Å². The van der Waals surface area contributed by atoms with Gasteiger partial charge in [0.1, 0.15) is 5.82 Å². The molecule has 0 saturated heterocycles. The van der Waals surface area contributed by atoms with Gasteiger partial charge in [-0.1, -0.05) is 44.5 Å². The third-order valence-electron chi connectivity index (χ3n) is 5.59. The van der Waals surface area contributed by atoms with Crippen molar-refractivity contribution in [2.75, 3.05) is 6.79 Å². The Hall–Kier alpha value is -2.64. The van der Waals surface area contributed by atoms with E-state index in [1.54, 1.807) is 22.4 Å². The highest BCUT2D eigenvalue weighted by Gasteiger charge is 2.24. The lowest BCUT2D eigenvalue weighted by Gasteiger charge is -2.12. The molecule has 4 rings (SSSR count). The van der Waals surface area contributed by atoms with E-state index < -0.39 is 5.97 Å². The minimum absolute atomic E-state index is 0.154. The van der Waals surface area contributed by atoms with Crippen LogP contribution in [0.4, 0.5) is 0 Å². The molecule has 6 nitrogen and oxygen atoms in total. The average molecular weight is 487 g/mol. The molecule has 8 heteroatoms. The monoisotopic (exact) mass is 486 g/mol. The minimum Gasteiger partial charge on any atom is -0.477 e. The third-order valence-corrected chi connectivity index (χ3v) is 6.96. The zero-order chi connectivity index (χ0) is 23.5. The number of carboxylic acids is 1. The number of carboxylic acid groups (broad SMARTS) is 1. The summed E-state index contributed by atoms with van der Waals surface area (Å²) in [6.07, 6.45) is 1.53. The van der Waals surface area contributed by atoms with Crippen LogP contribution >= 0.6 is 23.4 Å². The van der Waals surface area contributed by atoms with Gasteiger partial charge >= 0.3 is 5.97 Å². The fourth-order valence-corrected chi connectivity index (χ4v) is 4.88. The van der Waals surface area contributed by atoms with Crippen LogP contribution in [-0.4, -0.2) is 27.4 Å². The molecule has 0 aliphatic carbocycles. The molecule has 0 amide bonds. The van der Waals surface area contributed by atoms with Crippen LogP contribution in [0.15, 0.2) is 41.3 Å². The molecule has 0 radical (unpaired) electrons. The van der Waals surface area contributed by atoms with Crippen molar-refractivity contribution >= 4 is 29.3 Å². The topological polar surface area (TPSA) is 73.6 Å². The number of benzene rings is 2. The molecular formula is C25H27ClN2O4S. The van der Waals surface area contributed by atoms with E-state index >= 15 is 0 Å². The van der Waals surface area contributed by atoms with Crippen molar-refractivity contribution in [1.82, 2.24) is 9.55 Å². The van der Waals surface area contributed by atoms with Crippen molar-refractivity contribution in [3.8, 4) is 11.5 Å². The number of thioether (sulfide) groups is 1. The zero-order valence-corrected chi connectivity index (χ0v) is 20.5. The molecule has 3 aromatic rings. The number of carbonyl (C=O) groups is 1. The third kappa shape index (κ3) is 5.14. The first-order chi connectivity index (χ1) is 15.9. The fraction of sp³-hybridized carbons (Fsp3) is 0.360. The summed E-state index contributed by atoms with van der Waals surface area (Å²) in [6, 6.07) is 11.9. The van der Waals surface area contributed by atoms with E-state index in [4.69, 9.17) is 26.1 Å². The van der Waals surface area contributed by atoms with Crippen LogP contribution in [-0.2, 0) is 18.7 Å². The van der Waals surface area contributed by atoms with Crippen LogP contribution < -0.4 is 9.47 Å². The SMILES string of the molecule is CCCc1nc(CSc2ccc(C(C)C)cc2)c(C(=O)O)n1Cc1cc2c(cc1Cl)OCO2. The van der Waals surface area contributed by atoms with Crippen molar-refractivity contribution in [3.05, 3.63) is 69.8 Å². The van der Waals surface area contributed by atoms with Gasteiger partial charge in [-0.15, -0.1) is 11.8 Å². The highest BCUT2D eigenvalue weighted by molar-refractivity contribution is 7.98. The number of nitrogens with zero attached hydrogens (tertiary/aromatic N) is 2. The molecule has 0 unspecified atom stereocenters. The van der Waals surface area contributed by atoms with Crippen LogP contribution in [0, 0.1) is 0 Å². The van der Waals surface area contributed by atoms with E-state index in [1.165, 1.54) is 5.56 Å². The lowest BCUT2D eigenvalue weighted by Crippen LogP contribution is -2.14. The Morgan fingerprint density at radius 2 is 1.91 bits per heavy atom. The molecule has 0 spiro atoms. The Bertz CT molecular complexity index is 1160. The molecular weight excluding hydrogens is 460 g/mol. The van der Waals surface area contributed by atoms with Crippen LogP contribution in [0.1, 0.15) is 66.2 Å². The van der Waals surface area contributed by atoms with E-state index in [9.17, 15) is 9.90 Å². The quantitative estimate of drug-likeness (QED) is 0.354. The number of imidazole rings is 1. The number of aryl methyl sites for hydroxylation is 1. The van der Waals surface area contributed by atoms with Gasteiger partial charge in [-0.3, -0.25) is 0 Å². The summed E-state index contributed by atoms with van der Waals surface area (Å²) in [5.74, 6) is 1.91. The van der Waals surface area contributed by atoms with E-state index in [0.29, 0.717) is 46.9 Å². The van der Waals surface area contributed by atoms with Gasteiger partial charge in [0.25, 0.3) is 0 Å². The standard InChI is InChI=1S/C25H27ClN2O4S/c1-4-5-23-27-20(13-33-18-8-6-16(7-9-18)15(2)3)24(25(29)30)28(23)12-17-10-21-22(11-19(17)26)32-14-31-21/h6-11,15H,4-5,12-14H2,1-3H3,(H,29,30). The highest BCUT2D eigenvalue weighted by atomic mass is 35.5. The first-order valence-electron chi connectivity index (χ1n) is 11.0. The molecule has 2 aromatic carbocycles. The van der Waals surface area contributed by atoms with Crippen LogP contribution in [0.5, 0.6) is 11.5 Å². The predicted octanol–water partition coefficient (Wildman–Crippen LogP) is 6.38. The van der Waals surface area contributed by atoms with Crippen LogP contribution in [0.25, 0.3) is 0 Å². The fourth-order valence-electron chi connectivity index (χ4n) is 3.83. The summed E-state index contributed by atoms with van der Waals surface area (Å²) in [4.78, 5) is 18.1. The van der Waals surface area contributed by atoms with Gasteiger partial charge < -0.3 is 19.1 Å².